The van der Waals surface area contributed by atoms with Crippen LogP contribution in [0.4, 0.5) is 5.69 Å². The van der Waals surface area contributed by atoms with Crippen LogP contribution in [0.15, 0.2) is 48.5 Å². The Labute approximate surface area is 159 Å². The summed E-state index contributed by atoms with van der Waals surface area (Å²) in [5.74, 6) is 0. The van der Waals surface area contributed by atoms with Crippen molar-refractivity contribution < 1.29 is 25.2 Å². The third-order valence-corrected chi connectivity index (χ3v) is 5.03. The second-order valence-corrected chi connectivity index (χ2v) is 6.90. The smallest absolute Gasteiger partial charge is 0.157 e. The number of aryl methyl sites for hydroxylation is 1. The van der Waals surface area contributed by atoms with Crippen LogP contribution in [0, 0.1) is 0 Å². The predicted molar refractivity (Wildman–Crippen MR) is 102 cm³/mol. The highest BCUT2D eigenvalue weighted by molar-refractivity contribution is 5.53. The van der Waals surface area contributed by atoms with E-state index in [2.05, 4.69) is 36.5 Å². The van der Waals surface area contributed by atoms with Crippen LogP contribution in [0.25, 0.3) is 0 Å². The quantitative estimate of drug-likeness (QED) is 0.519. The second-order valence-electron chi connectivity index (χ2n) is 6.90. The number of para-hydroxylation sites is 1. The molecule has 5 atom stereocenters. The molecule has 1 saturated heterocycles. The van der Waals surface area contributed by atoms with E-state index in [4.69, 9.17) is 4.74 Å². The summed E-state index contributed by atoms with van der Waals surface area (Å²) in [5.41, 5.74) is 4.22. The Morgan fingerprint density at radius 3 is 2.22 bits per heavy atom. The SMILES string of the molecule is CCc1ccc(Cc2ccccc2NC2OC(CO)[C@@H](O)C(O)[C@H]2O)cc1. The first-order valence-corrected chi connectivity index (χ1v) is 9.26. The van der Waals surface area contributed by atoms with Crippen molar-refractivity contribution >= 4 is 5.69 Å². The number of hydrogen-bond donors (Lipinski definition) is 5. The van der Waals surface area contributed by atoms with Crippen molar-refractivity contribution in [2.45, 2.75) is 50.4 Å². The van der Waals surface area contributed by atoms with Gasteiger partial charge in [-0.2, -0.15) is 0 Å². The second kappa shape index (κ2) is 8.82. The Morgan fingerprint density at radius 2 is 1.56 bits per heavy atom. The molecule has 0 amide bonds. The maximum Gasteiger partial charge on any atom is 0.157 e. The molecule has 3 rings (SSSR count). The van der Waals surface area contributed by atoms with Crippen molar-refractivity contribution in [1.29, 1.82) is 0 Å². The average molecular weight is 373 g/mol. The molecule has 0 bridgehead atoms. The van der Waals surface area contributed by atoms with Crippen LogP contribution in [-0.2, 0) is 17.6 Å². The van der Waals surface area contributed by atoms with E-state index in [0.29, 0.717) is 6.42 Å². The van der Waals surface area contributed by atoms with Gasteiger partial charge in [-0.1, -0.05) is 49.4 Å². The first-order chi connectivity index (χ1) is 13.0. The summed E-state index contributed by atoms with van der Waals surface area (Å²) < 4.78 is 5.55. The zero-order chi connectivity index (χ0) is 19.4. The lowest BCUT2D eigenvalue weighted by molar-refractivity contribution is -0.221. The molecule has 6 heteroatoms. The van der Waals surface area contributed by atoms with Gasteiger partial charge in [-0.15, -0.1) is 0 Å². The molecule has 2 aromatic carbocycles. The normalized spacial score (nSPS) is 28.1. The number of anilines is 1. The van der Waals surface area contributed by atoms with Crippen LogP contribution in [0.1, 0.15) is 23.6 Å². The molecular weight excluding hydrogens is 346 g/mol. The van der Waals surface area contributed by atoms with Crippen LogP contribution >= 0.6 is 0 Å². The van der Waals surface area contributed by atoms with Gasteiger partial charge >= 0.3 is 0 Å². The first kappa shape index (κ1) is 19.8. The molecule has 0 aliphatic carbocycles. The van der Waals surface area contributed by atoms with Gasteiger partial charge in [0.25, 0.3) is 0 Å². The Kier molecular flexibility index (Phi) is 6.46. The van der Waals surface area contributed by atoms with Gasteiger partial charge in [-0.05, 0) is 35.6 Å². The van der Waals surface area contributed by atoms with Crippen LogP contribution in [0.3, 0.4) is 0 Å². The summed E-state index contributed by atoms with van der Waals surface area (Å²) in [4.78, 5) is 0. The maximum absolute atomic E-state index is 10.2. The minimum atomic E-state index is -1.40. The molecule has 1 fully saturated rings. The monoisotopic (exact) mass is 373 g/mol. The predicted octanol–water partition coefficient (Wildman–Crippen LogP) is 1.05. The maximum atomic E-state index is 10.2. The van der Waals surface area contributed by atoms with Gasteiger partial charge in [0.05, 0.1) is 6.61 Å². The topological polar surface area (TPSA) is 102 Å². The summed E-state index contributed by atoms with van der Waals surface area (Å²) in [6.07, 6.45) is -4.27. The zero-order valence-corrected chi connectivity index (χ0v) is 15.3. The van der Waals surface area contributed by atoms with Crippen molar-refractivity contribution in [1.82, 2.24) is 0 Å². The molecular formula is C21H27NO5. The molecule has 0 aromatic heterocycles. The highest BCUT2D eigenvalue weighted by atomic mass is 16.6. The third-order valence-electron chi connectivity index (χ3n) is 5.03. The number of aliphatic hydroxyl groups excluding tert-OH is 4. The lowest BCUT2D eigenvalue weighted by Gasteiger charge is -2.40. The van der Waals surface area contributed by atoms with E-state index >= 15 is 0 Å². The average Bonchev–Trinajstić information content (AvgIpc) is 2.70. The summed E-state index contributed by atoms with van der Waals surface area (Å²) in [6, 6.07) is 16.1. The molecule has 6 nitrogen and oxygen atoms in total. The molecule has 0 spiro atoms. The van der Waals surface area contributed by atoms with Gasteiger partial charge in [0.1, 0.15) is 24.4 Å². The highest BCUT2D eigenvalue weighted by Crippen LogP contribution is 2.26. The van der Waals surface area contributed by atoms with Gasteiger partial charge in [-0.25, -0.2) is 0 Å². The minimum Gasteiger partial charge on any atom is -0.394 e. The van der Waals surface area contributed by atoms with E-state index in [1.165, 1.54) is 5.56 Å². The Hall–Kier alpha value is -1.96. The summed E-state index contributed by atoms with van der Waals surface area (Å²) in [7, 11) is 0. The molecule has 1 aliphatic rings. The third kappa shape index (κ3) is 4.48. The Morgan fingerprint density at radius 1 is 0.889 bits per heavy atom. The molecule has 0 radical (unpaired) electrons. The Bertz CT molecular complexity index is 734. The molecule has 3 unspecified atom stereocenters. The van der Waals surface area contributed by atoms with Crippen LogP contribution < -0.4 is 5.32 Å². The van der Waals surface area contributed by atoms with E-state index in [1.807, 2.05) is 24.3 Å². The molecule has 2 aromatic rings. The van der Waals surface area contributed by atoms with Crippen LogP contribution in [0.2, 0.25) is 0 Å². The van der Waals surface area contributed by atoms with Crippen molar-refractivity contribution in [2.75, 3.05) is 11.9 Å². The van der Waals surface area contributed by atoms with Crippen molar-refractivity contribution in [3.8, 4) is 0 Å². The fourth-order valence-electron chi connectivity index (χ4n) is 3.30. The summed E-state index contributed by atoms with van der Waals surface area (Å²) in [5, 5.41) is 42.6. The number of ether oxygens (including phenoxy) is 1. The zero-order valence-electron chi connectivity index (χ0n) is 15.3. The van der Waals surface area contributed by atoms with Gasteiger partial charge in [0.15, 0.2) is 6.23 Å². The van der Waals surface area contributed by atoms with Gasteiger partial charge in [0, 0.05) is 5.69 Å². The number of benzene rings is 2. The van der Waals surface area contributed by atoms with Gasteiger partial charge in [-0.3, -0.25) is 0 Å². The molecule has 0 saturated carbocycles. The van der Waals surface area contributed by atoms with Gasteiger partial charge < -0.3 is 30.5 Å². The van der Waals surface area contributed by atoms with Crippen LogP contribution in [0.5, 0.6) is 0 Å². The number of nitrogens with one attached hydrogen (secondary N) is 1. The largest absolute Gasteiger partial charge is 0.394 e. The molecule has 27 heavy (non-hydrogen) atoms. The standard InChI is InChI=1S/C21H27NO5/c1-2-13-7-9-14(10-8-13)11-15-5-3-4-6-16(15)22-21-20(26)19(25)18(24)17(12-23)27-21/h3-10,17-26H,2,11-12H2,1H3/t17?,18-,19?,20-,21?/m1/s1. The first-order valence-electron chi connectivity index (χ1n) is 9.26. The highest BCUT2D eigenvalue weighted by Gasteiger charge is 2.43. The molecule has 5 N–H and O–H groups in total. The number of hydrogen-bond acceptors (Lipinski definition) is 6. The van der Waals surface area contributed by atoms with Gasteiger partial charge in [0.2, 0.25) is 0 Å². The number of rotatable bonds is 6. The lowest BCUT2D eigenvalue weighted by atomic mass is 9.97. The van der Waals surface area contributed by atoms with Crippen molar-refractivity contribution in [3.05, 3.63) is 65.2 Å². The van der Waals surface area contributed by atoms with Crippen molar-refractivity contribution in [3.63, 3.8) is 0 Å². The Balaban J connectivity index is 1.77. The number of aliphatic hydroxyl groups is 4. The van der Waals surface area contributed by atoms with Crippen molar-refractivity contribution in [2.24, 2.45) is 0 Å². The van der Waals surface area contributed by atoms with E-state index in [0.717, 1.165) is 23.2 Å². The molecule has 1 heterocycles. The van der Waals surface area contributed by atoms with Crippen LogP contribution in [-0.4, -0.2) is 57.7 Å². The molecule has 146 valence electrons. The fourth-order valence-corrected chi connectivity index (χ4v) is 3.30. The summed E-state index contributed by atoms with van der Waals surface area (Å²) >= 11 is 0. The van der Waals surface area contributed by atoms with E-state index < -0.39 is 37.3 Å². The van der Waals surface area contributed by atoms with E-state index in [1.54, 1.807) is 0 Å². The van der Waals surface area contributed by atoms with E-state index in [9.17, 15) is 20.4 Å². The fraction of sp³-hybridized carbons (Fsp3) is 0.429. The summed E-state index contributed by atoms with van der Waals surface area (Å²) in [6.45, 7) is 1.67. The molecule has 1 aliphatic heterocycles. The minimum absolute atomic E-state index is 0.450. The van der Waals surface area contributed by atoms with E-state index in [-0.39, 0.29) is 0 Å². The lowest BCUT2D eigenvalue weighted by Crippen LogP contribution is -2.60.